The molecule has 0 spiro atoms. The van der Waals surface area contributed by atoms with Crippen LogP contribution in [-0.2, 0) is 73.8 Å². The van der Waals surface area contributed by atoms with Gasteiger partial charge >= 0.3 is 0 Å². The Morgan fingerprint density at radius 3 is 0.412 bits per heavy atom. The van der Waals surface area contributed by atoms with Crippen molar-refractivity contribution in [3.05, 3.63) is 396 Å². The Hall–Kier alpha value is -17.3. The number of imide groups is 6. The highest BCUT2D eigenvalue weighted by molar-refractivity contribution is 6.33. The minimum Gasteiger partial charge on any atom is -0.457 e. The first kappa shape index (κ1) is 87.2. The maximum absolute atomic E-state index is 12.2. The molecule has 24 nitrogen and oxygen atoms in total. The van der Waals surface area contributed by atoms with Crippen molar-refractivity contribution >= 4 is 105 Å². The van der Waals surface area contributed by atoms with Crippen LogP contribution in [0.25, 0.3) is 0 Å². The first-order valence-electron chi connectivity index (χ1n) is 41.6. The molecule has 0 aromatic heterocycles. The van der Waals surface area contributed by atoms with Gasteiger partial charge in [-0.1, -0.05) is 114 Å². The molecule has 6 heterocycles. The van der Waals surface area contributed by atoms with Crippen molar-refractivity contribution in [3.63, 3.8) is 0 Å². The van der Waals surface area contributed by atoms with E-state index in [1.807, 2.05) is 146 Å². The predicted octanol–water partition coefficient (Wildman–Crippen LogP) is 20.1. The third-order valence-corrected chi connectivity index (χ3v) is 22.9. The highest BCUT2D eigenvalue weighted by Gasteiger charge is 2.35. The standard InChI is InChI=1S/2C36H28N2O6.C35H26N2O6/c2*1-23-22-34(41)38(35(23)42)27-10-18-31(19-11-27)44-29-14-6-25(7-15-29)36(2,3)24-4-12-28(13-5-24)43-30-16-8-26(9-17-30)37-32(39)20-21-33(37)40;1-35(2,23-3-11-27(12-4-23)42-29-15-7-25(8-16-29)36-31(38)19-20-32(36)39)24-5-13-28(14-6-24)43-30-17-9-26(10-18-30)37-33(40)21-22-34(37)41/h2*4-22H,1-3H3;3-22H,1-2H3. The van der Waals surface area contributed by atoms with Crippen LogP contribution in [0.1, 0.15) is 88.8 Å². The van der Waals surface area contributed by atoms with E-state index in [1.165, 1.54) is 60.8 Å². The van der Waals surface area contributed by atoms with Gasteiger partial charge in [-0.3, -0.25) is 57.5 Å². The van der Waals surface area contributed by atoms with E-state index < -0.39 is 0 Å². The van der Waals surface area contributed by atoms with Gasteiger partial charge in [0.2, 0.25) is 0 Å². The van der Waals surface area contributed by atoms with Gasteiger partial charge in [0, 0.05) is 88.2 Å². The van der Waals surface area contributed by atoms with Crippen LogP contribution < -0.4 is 57.8 Å². The molecule has 12 amide bonds. The van der Waals surface area contributed by atoms with Crippen LogP contribution in [0, 0.1) is 0 Å². The largest absolute Gasteiger partial charge is 0.457 e. The fourth-order valence-electron chi connectivity index (χ4n) is 15.2. The molecule has 0 atom stereocenters. The van der Waals surface area contributed by atoms with E-state index >= 15 is 0 Å². The SMILES string of the molecule is CC(C)(c1ccc(Oc2ccc(N3C(=O)C=CC3=O)cc2)cc1)c1ccc(Oc2ccc(N3C(=O)C=CC3=O)cc2)cc1.CC1=CC(=O)N(c2ccc(Oc3ccc(C(C)(C)c4ccc(Oc5ccc(N6C(=O)C=CC6=O)cc5)cc4)cc3)cc2)C1=O.CC1=CC(=O)N(c2ccc(Oc3ccc(C(C)(C)c4ccc(Oc5ccc(N6C(=O)C=CC6=O)cc5)cc4)cc3)cc2)C1=O. The van der Waals surface area contributed by atoms with Gasteiger partial charge < -0.3 is 28.4 Å². The van der Waals surface area contributed by atoms with Crippen molar-refractivity contribution in [1.29, 1.82) is 0 Å². The minimum absolute atomic E-state index is 0.300. The molecule has 131 heavy (non-hydrogen) atoms. The number of amides is 12. The van der Waals surface area contributed by atoms with Crippen molar-refractivity contribution in [2.45, 2.75) is 71.6 Å². The van der Waals surface area contributed by atoms with Crippen LogP contribution in [-0.4, -0.2) is 70.9 Å². The molecule has 648 valence electrons. The summed E-state index contributed by atoms with van der Waals surface area (Å²) in [7, 11) is 0. The molecule has 0 radical (unpaired) electrons. The van der Waals surface area contributed by atoms with E-state index in [0.29, 0.717) is 114 Å². The number of hydrogen-bond donors (Lipinski definition) is 0. The van der Waals surface area contributed by atoms with Gasteiger partial charge in [-0.05, 0) is 266 Å². The van der Waals surface area contributed by atoms with Gasteiger partial charge in [-0.15, -0.1) is 0 Å². The summed E-state index contributed by atoms with van der Waals surface area (Å²) in [5.41, 5.74) is 9.46. The Balaban J connectivity index is 0.000000144. The topological polar surface area (TPSA) is 280 Å². The van der Waals surface area contributed by atoms with E-state index in [4.69, 9.17) is 28.4 Å². The maximum Gasteiger partial charge on any atom is 0.261 e. The lowest BCUT2D eigenvalue weighted by Gasteiger charge is -2.26. The van der Waals surface area contributed by atoms with E-state index in [2.05, 4.69) is 41.5 Å². The van der Waals surface area contributed by atoms with Gasteiger partial charge in [-0.2, -0.15) is 0 Å². The Morgan fingerprint density at radius 1 is 0.168 bits per heavy atom. The molecule has 0 aliphatic carbocycles. The van der Waals surface area contributed by atoms with Crippen LogP contribution in [0.5, 0.6) is 69.0 Å². The molecule has 12 aromatic carbocycles. The zero-order valence-electron chi connectivity index (χ0n) is 72.0. The van der Waals surface area contributed by atoms with Crippen LogP contribution in [0.4, 0.5) is 34.1 Å². The lowest BCUT2D eigenvalue weighted by molar-refractivity contribution is -0.121. The number of carbonyl (C=O) groups excluding carboxylic acids is 12. The van der Waals surface area contributed by atoms with Crippen LogP contribution in [0.3, 0.4) is 0 Å². The smallest absolute Gasteiger partial charge is 0.261 e. The summed E-state index contributed by atoms with van der Waals surface area (Å²) in [5, 5.41) is 0. The van der Waals surface area contributed by atoms with E-state index in [0.717, 1.165) is 62.8 Å². The number of benzene rings is 12. The Kier molecular flexibility index (Phi) is 24.2. The first-order valence-corrected chi connectivity index (χ1v) is 41.6. The predicted molar refractivity (Wildman–Crippen MR) is 493 cm³/mol. The number of anilines is 6. The maximum atomic E-state index is 12.2. The second kappa shape index (κ2) is 36.4. The summed E-state index contributed by atoms with van der Waals surface area (Å²) in [6.45, 7) is 16.1. The molecule has 6 aliphatic rings. The van der Waals surface area contributed by atoms with Gasteiger partial charge in [0.1, 0.15) is 69.0 Å². The lowest BCUT2D eigenvalue weighted by atomic mass is 9.78. The normalized spacial score (nSPS) is 14.8. The molecular formula is C107H82N6O18. The number of carbonyl (C=O) groups is 12. The quantitative estimate of drug-likeness (QED) is 0.0508. The fourth-order valence-corrected chi connectivity index (χ4v) is 15.2. The Labute approximate surface area is 753 Å². The molecule has 0 N–H and O–H groups in total. The molecule has 24 heteroatoms. The van der Waals surface area contributed by atoms with E-state index in [1.54, 1.807) is 159 Å². The van der Waals surface area contributed by atoms with Crippen LogP contribution >= 0.6 is 0 Å². The average molecular weight is 1740 g/mol. The number of ether oxygens (including phenoxy) is 6. The van der Waals surface area contributed by atoms with Crippen LogP contribution in [0.15, 0.2) is 363 Å². The zero-order valence-corrected chi connectivity index (χ0v) is 72.0. The van der Waals surface area contributed by atoms with Gasteiger partial charge in [0.25, 0.3) is 70.9 Å². The second-order valence-electron chi connectivity index (χ2n) is 32.6. The third-order valence-electron chi connectivity index (χ3n) is 22.9. The summed E-state index contributed by atoms with van der Waals surface area (Å²) in [5.74, 6) is 3.26. The molecule has 0 fully saturated rings. The molecule has 18 rings (SSSR count). The fraction of sp³-hybridized carbons (Fsp3) is 0.103. The molecule has 0 bridgehead atoms. The van der Waals surface area contributed by atoms with Crippen molar-refractivity contribution in [2.75, 3.05) is 29.4 Å². The highest BCUT2D eigenvalue weighted by atomic mass is 16.5. The van der Waals surface area contributed by atoms with E-state index in [-0.39, 0.29) is 87.1 Å². The monoisotopic (exact) mass is 1740 g/mol. The molecule has 6 aliphatic heterocycles. The lowest BCUT2D eigenvalue weighted by Crippen LogP contribution is -2.30. The summed E-state index contributed by atoms with van der Waals surface area (Å²) < 4.78 is 36.0. The van der Waals surface area contributed by atoms with Crippen molar-refractivity contribution in [1.82, 2.24) is 0 Å². The Morgan fingerprint density at radius 2 is 0.290 bits per heavy atom. The summed E-state index contributed by atoms with van der Waals surface area (Å²) in [6.07, 6.45) is 12.7. The minimum atomic E-state index is -0.362. The van der Waals surface area contributed by atoms with Crippen molar-refractivity contribution < 1.29 is 86.0 Å². The van der Waals surface area contributed by atoms with Crippen LogP contribution in [0.2, 0.25) is 0 Å². The summed E-state index contributed by atoms with van der Waals surface area (Å²) in [6, 6.07) is 88.0. The number of nitrogens with zero attached hydrogens (tertiary/aromatic N) is 6. The second-order valence-corrected chi connectivity index (χ2v) is 32.6. The average Bonchev–Trinajstić information content (AvgIpc) is 1.80. The van der Waals surface area contributed by atoms with Crippen molar-refractivity contribution in [2.24, 2.45) is 0 Å². The number of rotatable bonds is 24. The third kappa shape index (κ3) is 18.9. The van der Waals surface area contributed by atoms with Gasteiger partial charge in [0.05, 0.1) is 34.1 Å². The van der Waals surface area contributed by atoms with E-state index in [9.17, 15) is 57.5 Å². The highest BCUT2D eigenvalue weighted by Crippen LogP contribution is 2.42. The molecule has 0 saturated heterocycles. The Bertz CT molecular complexity index is 6280. The van der Waals surface area contributed by atoms with Gasteiger partial charge in [0.15, 0.2) is 0 Å². The molecule has 0 saturated carbocycles. The summed E-state index contributed by atoms with van der Waals surface area (Å²) >= 11 is 0. The van der Waals surface area contributed by atoms with Gasteiger partial charge in [-0.25, -0.2) is 29.4 Å². The molecular weight excluding hydrogens is 1660 g/mol. The zero-order chi connectivity index (χ0) is 92.2. The first-order chi connectivity index (χ1) is 62.9. The molecule has 0 unspecified atom stereocenters. The van der Waals surface area contributed by atoms with Crippen molar-refractivity contribution in [3.8, 4) is 69.0 Å². The summed E-state index contributed by atoms with van der Waals surface area (Å²) in [4.78, 5) is 151. The molecule has 12 aromatic rings. The number of hydrogen-bond acceptors (Lipinski definition) is 18.